The first-order chi connectivity index (χ1) is 13.6. The minimum Gasteiger partial charge on any atom is -0.497 e. The highest BCUT2D eigenvalue weighted by Gasteiger charge is 2.16. The summed E-state index contributed by atoms with van der Waals surface area (Å²) in [4.78, 5) is 24.5. The zero-order valence-corrected chi connectivity index (χ0v) is 17.4. The van der Waals surface area contributed by atoms with Crippen LogP contribution in [0.3, 0.4) is 0 Å². The topological polar surface area (TPSA) is 104 Å². The minimum absolute atomic E-state index is 0.0422. The Kier molecular flexibility index (Phi) is 9.68. The summed E-state index contributed by atoms with van der Waals surface area (Å²) in [6, 6.07) is 14.3. The molecule has 0 saturated heterocycles. The molecule has 0 bridgehead atoms. The van der Waals surface area contributed by atoms with Gasteiger partial charge in [0.25, 0.3) is 0 Å². The second-order valence-corrected chi connectivity index (χ2v) is 7.60. The van der Waals surface area contributed by atoms with Crippen LogP contribution in [0, 0.1) is 0 Å². The van der Waals surface area contributed by atoms with Crippen LogP contribution >= 0.6 is 0 Å². The molecule has 158 valence electrons. The van der Waals surface area contributed by atoms with Gasteiger partial charge in [-0.3, -0.25) is 9.59 Å². The van der Waals surface area contributed by atoms with Crippen LogP contribution in [0.5, 0.6) is 5.75 Å². The highest BCUT2D eigenvalue weighted by atomic mass is 16.5. The number of hydrogen-bond acceptors (Lipinski definition) is 6. The van der Waals surface area contributed by atoms with Gasteiger partial charge in [0.2, 0.25) is 0 Å². The largest absolute Gasteiger partial charge is 0.497 e. The molecule has 2 aromatic rings. The van der Waals surface area contributed by atoms with Crippen LogP contribution in [0.4, 0.5) is 0 Å². The summed E-state index contributed by atoms with van der Waals surface area (Å²) in [6.07, 6.45) is -1.08. The number of aliphatic hydroxyl groups is 3. The van der Waals surface area contributed by atoms with Crippen molar-refractivity contribution >= 4 is 11.6 Å². The maximum absolute atomic E-state index is 12.3. The fourth-order valence-corrected chi connectivity index (χ4v) is 2.34. The van der Waals surface area contributed by atoms with E-state index in [0.29, 0.717) is 16.9 Å². The molecule has 2 rings (SSSR count). The summed E-state index contributed by atoms with van der Waals surface area (Å²) in [6.45, 7) is 5.64. The van der Waals surface area contributed by atoms with E-state index in [-0.39, 0.29) is 36.6 Å². The predicted octanol–water partition coefficient (Wildman–Crippen LogP) is 2.78. The molecule has 2 aromatic carbocycles. The van der Waals surface area contributed by atoms with Crippen LogP contribution in [0.1, 0.15) is 53.5 Å². The van der Waals surface area contributed by atoms with Gasteiger partial charge < -0.3 is 20.1 Å². The Labute approximate surface area is 171 Å². The van der Waals surface area contributed by atoms with Gasteiger partial charge >= 0.3 is 0 Å². The molecule has 0 radical (unpaired) electrons. The SMILES string of the molecule is COc1ccc(C(=O)CC(=O)c2ccc(C(C)(C)C)cc2)cc1.OCC(O)CO. The Morgan fingerprint density at radius 2 is 1.28 bits per heavy atom. The van der Waals surface area contributed by atoms with Crippen molar-refractivity contribution in [3.63, 3.8) is 0 Å². The molecule has 0 aliphatic carbocycles. The van der Waals surface area contributed by atoms with Crippen molar-refractivity contribution in [3.8, 4) is 5.75 Å². The monoisotopic (exact) mass is 402 g/mol. The van der Waals surface area contributed by atoms with Gasteiger partial charge in [0, 0.05) is 11.1 Å². The molecule has 0 aliphatic heterocycles. The van der Waals surface area contributed by atoms with Gasteiger partial charge in [0.05, 0.1) is 26.7 Å². The lowest BCUT2D eigenvalue weighted by Crippen LogP contribution is -2.15. The lowest BCUT2D eigenvalue weighted by Gasteiger charge is -2.18. The molecule has 3 N–H and O–H groups in total. The van der Waals surface area contributed by atoms with Gasteiger partial charge in [-0.25, -0.2) is 0 Å². The zero-order chi connectivity index (χ0) is 22.0. The van der Waals surface area contributed by atoms with Crippen LogP contribution in [-0.2, 0) is 5.41 Å². The summed E-state index contributed by atoms with van der Waals surface area (Å²) in [5.41, 5.74) is 2.29. The first kappa shape index (κ1) is 24.5. The van der Waals surface area contributed by atoms with Crippen molar-refractivity contribution < 1.29 is 29.6 Å². The van der Waals surface area contributed by atoms with Crippen molar-refractivity contribution in [1.82, 2.24) is 0 Å². The molecule has 0 spiro atoms. The third kappa shape index (κ3) is 8.15. The maximum atomic E-state index is 12.3. The van der Waals surface area contributed by atoms with Crippen LogP contribution in [0.15, 0.2) is 48.5 Å². The molecule has 0 aliphatic rings. The average Bonchev–Trinajstić information content (AvgIpc) is 2.73. The molecule has 0 fully saturated rings. The molecule has 0 saturated carbocycles. The standard InChI is InChI=1S/C20H22O3.C3H8O3/c1-20(2,3)16-9-5-14(6-10-16)18(21)13-19(22)15-7-11-17(23-4)12-8-15;4-1-3(6)2-5/h5-12H,13H2,1-4H3;3-6H,1-2H2. The summed E-state index contributed by atoms with van der Waals surface area (Å²) >= 11 is 0. The van der Waals surface area contributed by atoms with E-state index in [1.807, 2.05) is 12.1 Å². The van der Waals surface area contributed by atoms with E-state index in [4.69, 9.17) is 20.1 Å². The summed E-state index contributed by atoms with van der Waals surface area (Å²) < 4.78 is 5.06. The third-order valence-corrected chi connectivity index (χ3v) is 4.23. The normalized spacial score (nSPS) is 10.9. The lowest BCUT2D eigenvalue weighted by atomic mass is 9.86. The fourth-order valence-electron chi connectivity index (χ4n) is 2.34. The van der Waals surface area contributed by atoms with Crippen LogP contribution in [-0.4, -0.2) is 53.3 Å². The zero-order valence-electron chi connectivity index (χ0n) is 17.4. The predicted molar refractivity (Wildman–Crippen MR) is 112 cm³/mol. The summed E-state index contributed by atoms with van der Waals surface area (Å²) in [5, 5.41) is 24.0. The average molecular weight is 402 g/mol. The molecule has 29 heavy (non-hydrogen) atoms. The first-order valence-electron chi connectivity index (χ1n) is 9.33. The molecule has 0 aromatic heterocycles. The quantitative estimate of drug-likeness (QED) is 0.486. The molecular weight excluding hydrogens is 372 g/mol. The Balaban J connectivity index is 0.000000612. The number of methoxy groups -OCH3 is 1. The Bertz CT molecular complexity index is 769. The third-order valence-electron chi connectivity index (χ3n) is 4.23. The van der Waals surface area contributed by atoms with Gasteiger partial charge in [-0.15, -0.1) is 0 Å². The molecule has 0 heterocycles. The van der Waals surface area contributed by atoms with E-state index in [1.165, 1.54) is 0 Å². The molecule has 6 nitrogen and oxygen atoms in total. The number of benzene rings is 2. The second-order valence-electron chi connectivity index (χ2n) is 7.60. The number of aliphatic hydroxyl groups excluding tert-OH is 3. The first-order valence-corrected chi connectivity index (χ1v) is 9.33. The van der Waals surface area contributed by atoms with Crippen LogP contribution in [0.25, 0.3) is 0 Å². The van der Waals surface area contributed by atoms with Gasteiger partial charge in [0.15, 0.2) is 11.6 Å². The molecule has 0 amide bonds. The van der Waals surface area contributed by atoms with Crippen molar-refractivity contribution in [1.29, 1.82) is 0 Å². The molecular formula is C23H30O6. The van der Waals surface area contributed by atoms with E-state index in [1.54, 1.807) is 43.5 Å². The highest BCUT2D eigenvalue weighted by Crippen LogP contribution is 2.22. The Morgan fingerprint density at radius 1 is 0.862 bits per heavy atom. The van der Waals surface area contributed by atoms with E-state index in [9.17, 15) is 9.59 Å². The Hall–Kier alpha value is -2.54. The number of rotatable bonds is 7. The minimum atomic E-state index is -0.954. The molecule has 6 heteroatoms. The highest BCUT2D eigenvalue weighted by molar-refractivity contribution is 6.13. The fraction of sp³-hybridized carbons (Fsp3) is 0.391. The lowest BCUT2D eigenvalue weighted by molar-refractivity contribution is 0.0450. The van der Waals surface area contributed by atoms with Crippen LogP contribution < -0.4 is 4.74 Å². The van der Waals surface area contributed by atoms with E-state index in [2.05, 4.69) is 20.8 Å². The number of ketones is 2. The molecule has 0 unspecified atom stereocenters. The number of hydrogen-bond donors (Lipinski definition) is 3. The number of ether oxygens (including phenoxy) is 1. The van der Waals surface area contributed by atoms with Gasteiger partial charge in [-0.2, -0.15) is 0 Å². The maximum Gasteiger partial charge on any atom is 0.170 e. The van der Waals surface area contributed by atoms with Crippen LogP contribution in [0.2, 0.25) is 0 Å². The smallest absolute Gasteiger partial charge is 0.170 e. The number of carbonyl (C=O) groups is 2. The van der Waals surface area contributed by atoms with Gasteiger partial charge in [0.1, 0.15) is 11.9 Å². The van der Waals surface area contributed by atoms with Crippen molar-refractivity contribution in [2.45, 2.75) is 38.7 Å². The van der Waals surface area contributed by atoms with E-state index < -0.39 is 6.10 Å². The second kappa shape index (κ2) is 11.5. The number of Topliss-reactive ketones (excluding diaryl/α,β-unsaturated/α-hetero) is 2. The summed E-state index contributed by atoms with van der Waals surface area (Å²) in [5.74, 6) is 0.342. The van der Waals surface area contributed by atoms with Gasteiger partial charge in [-0.1, -0.05) is 45.0 Å². The van der Waals surface area contributed by atoms with Crippen molar-refractivity contribution in [2.24, 2.45) is 0 Å². The van der Waals surface area contributed by atoms with Gasteiger partial charge in [-0.05, 0) is 35.2 Å². The Morgan fingerprint density at radius 3 is 1.59 bits per heavy atom. The van der Waals surface area contributed by atoms with Crippen molar-refractivity contribution in [2.75, 3.05) is 20.3 Å². The summed E-state index contributed by atoms with van der Waals surface area (Å²) in [7, 11) is 1.57. The number of carbonyl (C=O) groups excluding carboxylic acids is 2. The molecule has 0 atom stereocenters. The van der Waals surface area contributed by atoms with E-state index >= 15 is 0 Å². The van der Waals surface area contributed by atoms with Crippen molar-refractivity contribution in [3.05, 3.63) is 65.2 Å². The van der Waals surface area contributed by atoms with E-state index in [0.717, 1.165) is 5.56 Å².